The van der Waals surface area contributed by atoms with Crippen LogP contribution in [0.2, 0.25) is 0 Å². The second-order valence-electron chi connectivity index (χ2n) is 3.69. The van der Waals surface area contributed by atoms with Gasteiger partial charge in [0.2, 0.25) is 0 Å². The molecule has 0 saturated carbocycles. The topological polar surface area (TPSA) is 53.6 Å². The average molecular weight is 222 g/mol. The fourth-order valence-electron chi connectivity index (χ4n) is 1.33. The van der Waals surface area contributed by atoms with Gasteiger partial charge < -0.3 is 5.32 Å². The van der Waals surface area contributed by atoms with Crippen molar-refractivity contribution in [3.8, 4) is 10.6 Å². The maximum atomic E-state index is 4.46. The lowest BCUT2D eigenvalue weighted by Crippen LogP contribution is -2.08. The minimum atomic E-state index is 0.405. The van der Waals surface area contributed by atoms with Gasteiger partial charge in [-0.2, -0.15) is 5.10 Å². The minimum Gasteiger partial charge on any atom is -0.359 e. The van der Waals surface area contributed by atoms with Crippen LogP contribution in [-0.4, -0.2) is 21.2 Å². The third-order valence-corrected chi connectivity index (χ3v) is 3.05. The first-order valence-corrected chi connectivity index (χ1v) is 5.72. The molecule has 4 nitrogen and oxygen atoms in total. The summed E-state index contributed by atoms with van der Waals surface area (Å²) in [6.07, 6.45) is 1.82. The van der Waals surface area contributed by atoms with Crippen LogP contribution >= 0.6 is 11.3 Å². The Labute approximate surface area is 92.8 Å². The molecule has 15 heavy (non-hydrogen) atoms. The van der Waals surface area contributed by atoms with E-state index in [2.05, 4.69) is 34.3 Å². The van der Waals surface area contributed by atoms with Crippen LogP contribution in [0.5, 0.6) is 0 Å². The Bertz CT molecular complexity index is 430. The molecule has 0 amide bonds. The molecule has 0 aliphatic carbocycles. The van der Waals surface area contributed by atoms with Gasteiger partial charge in [0.1, 0.15) is 5.69 Å². The molecule has 0 bridgehead atoms. The minimum absolute atomic E-state index is 0.405. The highest BCUT2D eigenvalue weighted by Crippen LogP contribution is 2.31. The van der Waals surface area contributed by atoms with Crippen molar-refractivity contribution < 1.29 is 0 Å². The van der Waals surface area contributed by atoms with Crippen LogP contribution in [0.15, 0.2) is 12.3 Å². The Hall–Kier alpha value is -1.36. The summed E-state index contributed by atoms with van der Waals surface area (Å²) in [6, 6.07) is 2.36. The molecule has 0 radical (unpaired) electrons. The number of hydrogen-bond acceptors (Lipinski definition) is 4. The van der Waals surface area contributed by atoms with E-state index in [1.807, 2.05) is 19.2 Å². The molecule has 2 heterocycles. The number of H-pyrrole nitrogens is 1. The van der Waals surface area contributed by atoms with Gasteiger partial charge in [-0.15, -0.1) is 0 Å². The lowest BCUT2D eigenvalue weighted by molar-refractivity contribution is 0.895. The zero-order valence-electron chi connectivity index (χ0n) is 9.03. The Morgan fingerprint density at radius 1 is 1.47 bits per heavy atom. The lowest BCUT2D eigenvalue weighted by Gasteiger charge is -2.03. The summed E-state index contributed by atoms with van der Waals surface area (Å²) in [7, 11) is 0. The molecule has 0 spiro atoms. The van der Waals surface area contributed by atoms with Crippen molar-refractivity contribution in [1.82, 2.24) is 15.2 Å². The highest BCUT2D eigenvalue weighted by molar-refractivity contribution is 7.19. The van der Waals surface area contributed by atoms with Crippen LogP contribution in [0.4, 0.5) is 5.13 Å². The first-order valence-electron chi connectivity index (χ1n) is 4.91. The predicted octanol–water partition coefficient (Wildman–Crippen LogP) is 2.66. The third-order valence-electron chi connectivity index (χ3n) is 1.94. The summed E-state index contributed by atoms with van der Waals surface area (Å²) in [5, 5.41) is 11.2. The molecule has 0 saturated heterocycles. The van der Waals surface area contributed by atoms with Crippen molar-refractivity contribution in [2.75, 3.05) is 5.32 Å². The van der Waals surface area contributed by atoms with Crippen LogP contribution in [0, 0.1) is 6.92 Å². The first-order chi connectivity index (χ1) is 7.16. The second kappa shape index (κ2) is 4.02. The van der Waals surface area contributed by atoms with Crippen molar-refractivity contribution in [2.45, 2.75) is 26.8 Å². The SMILES string of the molecule is Cc1nc(NC(C)C)sc1-c1cc[nH]n1. The molecule has 0 aliphatic heterocycles. The quantitative estimate of drug-likeness (QED) is 0.839. The fraction of sp³-hybridized carbons (Fsp3) is 0.400. The Kier molecular flexibility index (Phi) is 2.73. The van der Waals surface area contributed by atoms with E-state index in [0.717, 1.165) is 21.4 Å². The van der Waals surface area contributed by atoms with Crippen LogP contribution in [0.25, 0.3) is 10.6 Å². The molecule has 0 aromatic carbocycles. The molecular weight excluding hydrogens is 208 g/mol. The summed E-state index contributed by atoms with van der Waals surface area (Å²) >= 11 is 1.64. The van der Waals surface area contributed by atoms with Crippen molar-refractivity contribution in [2.24, 2.45) is 0 Å². The Balaban J connectivity index is 2.30. The van der Waals surface area contributed by atoms with E-state index in [9.17, 15) is 0 Å². The van der Waals surface area contributed by atoms with E-state index in [-0.39, 0.29) is 0 Å². The van der Waals surface area contributed by atoms with E-state index in [1.54, 1.807) is 11.3 Å². The van der Waals surface area contributed by atoms with Crippen LogP contribution < -0.4 is 5.32 Å². The molecule has 5 heteroatoms. The number of hydrogen-bond donors (Lipinski definition) is 2. The number of anilines is 1. The van der Waals surface area contributed by atoms with Crippen molar-refractivity contribution in [3.05, 3.63) is 18.0 Å². The number of aromatic nitrogens is 3. The number of aryl methyl sites for hydroxylation is 1. The summed E-state index contributed by atoms with van der Waals surface area (Å²) in [5.41, 5.74) is 1.98. The number of rotatable bonds is 3. The molecule has 2 aromatic rings. The molecule has 2 rings (SSSR count). The van der Waals surface area contributed by atoms with E-state index >= 15 is 0 Å². The molecule has 2 aromatic heterocycles. The van der Waals surface area contributed by atoms with E-state index < -0.39 is 0 Å². The van der Waals surface area contributed by atoms with Gasteiger partial charge in [0, 0.05) is 12.2 Å². The van der Waals surface area contributed by atoms with Gasteiger partial charge in [-0.1, -0.05) is 11.3 Å². The molecule has 0 unspecified atom stereocenters. The van der Waals surface area contributed by atoms with Gasteiger partial charge in [-0.25, -0.2) is 4.98 Å². The smallest absolute Gasteiger partial charge is 0.183 e. The number of nitrogens with one attached hydrogen (secondary N) is 2. The maximum Gasteiger partial charge on any atom is 0.183 e. The van der Waals surface area contributed by atoms with E-state index in [4.69, 9.17) is 0 Å². The van der Waals surface area contributed by atoms with E-state index in [0.29, 0.717) is 6.04 Å². The Morgan fingerprint density at radius 3 is 2.87 bits per heavy atom. The second-order valence-corrected chi connectivity index (χ2v) is 4.69. The van der Waals surface area contributed by atoms with E-state index in [1.165, 1.54) is 0 Å². The monoisotopic (exact) mass is 222 g/mol. The van der Waals surface area contributed by atoms with Crippen molar-refractivity contribution in [1.29, 1.82) is 0 Å². The summed E-state index contributed by atoms with van der Waals surface area (Å²) in [4.78, 5) is 5.58. The van der Waals surface area contributed by atoms with Gasteiger partial charge in [-0.05, 0) is 26.8 Å². The normalized spacial score (nSPS) is 10.9. The highest BCUT2D eigenvalue weighted by atomic mass is 32.1. The standard InChI is InChI=1S/C10H14N4S/c1-6(2)12-10-13-7(3)9(15-10)8-4-5-11-14-8/h4-6H,1-3H3,(H,11,14)(H,12,13). The molecule has 0 aliphatic rings. The fourth-order valence-corrected chi connectivity index (χ4v) is 2.41. The Morgan fingerprint density at radius 2 is 2.27 bits per heavy atom. The maximum absolute atomic E-state index is 4.46. The van der Waals surface area contributed by atoms with Crippen LogP contribution in [0.3, 0.4) is 0 Å². The summed E-state index contributed by atoms with van der Waals surface area (Å²) in [6.45, 7) is 6.21. The lowest BCUT2D eigenvalue weighted by atomic mass is 10.3. The largest absolute Gasteiger partial charge is 0.359 e. The number of thiazole rings is 1. The molecular formula is C10H14N4S. The highest BCUT2D eigenvalue weighted by Gasteiger charge is 2.11. The number of nitrogens with zero attached hydrogens (tertiary/aromatic N) is 2. The molecule has 0 fully saturated rings. The third kappa shape index (κ3) is 2.18. The molecule has 0 atom stereocenters. The summed E-state index contributed by atoms with van der Waals surface area (Å²) in [5.74, 6) is 0. The van der Waals surface area contributed by atoms with Gasteiger partial charge >= 0.3 is 0 Å². The van der Waals surface area contributed by atoms with Gasteiger partial charge in [-0.3, -0.25) is 5.10 Å². The zero-order chi connectivity index (χ0) is 10.8. The summed E-state index contributed by atoms with van der Waals surface area (Å²) < 4.78 is 0. The predicted molar refractivity (Wildman–Crippen MR) is 63.2 cm³/mol. The molecule has 2 N–H and O–H groups in total. The van der Waals surface area contributed by atoms with Crippen LogP contribution in [0.1, 0.15) is 19.5 Å². The first kappa shape index (κ1) is 10.2. The average Bonchev–Trinajstić information content (AvgIpc) is 2.72. The zero-order valence-corrected chi connectivity index (χ0v) is 9.85. The van der Waals surface area contributed by atoms with Crippen LogP contribution in [-0.2, 0) is 0 Å². The van der Waals surface area contributed by atoms with Gasteiger partial charge in [0.05, 0.1) is 10.6 Å². The number of aromatic amines is 1. The molecule has 80 valence electrons. The van der Waals surface area contributed by atoms with Gasteiger partial charge in [0.15, 0.2) is 5.13 Å². The van der Waals surface area contributed by atoms with Gasteiger partial charge in [0.25, 0.3) is 0 Å². The van der Waals surface area contributed by atoms with Crippen molar-refractivity contribution in [3.63, 3.8) is 0 Å². The van der Waals surface area contributed by atoms with Crippen molar-refractivity contribution >= 4 is 16.5 Å².